The Bertz CT molecular complexity index is 999. The molecule has 4 aromatic rings. The number of carbonyl (C=O) groups is 1. The van der Waals surface area contributed by atoms with Crippen LogP contribution in [0.5, 0.6) is 0 Å². The Labute approximate surface area is 139 Å². The molecule has 2 heterocycles. The molecule has 3 N–H and O–H groups in total. The van der Waals surface area contributed by atoms with Crippen molar-refractivity contribution in [2.75, 3.05) is 6.54 Å². The summed E-state index contributed by atoms with van der Waals surface area (Å²) in [6.45, 7) is 0.632. The van der Waals surface area contributed by atoms with Gasteiger partial charge in [-0.15, -0.1) is 0 Å². The molecule has 2 aromatic carbocycles. The lowest BCUT2D eigenvalue weighted by Gasteiger charge is -2.05. The number of carbonyl (C=O) groups excluding carboxylic acids is 1. The van der Waals surface area contributed by atoms with Crippen LogP contribution in [0.3, 0.4) is 0 Å². The molecule has 0 saturated heterocycles. The molecule has 2 aromatic heterocycles. The van der Waals surface area contributed by atoms with Gasteiger partial charge in [-0.05, 0) is 35.7 Å². The van der Waals surface area contributed by atoms with Crippen LogP contribution >= 0.6 is 0 Å². The Morgan fingerprint density at radius 1 is 1.08 bits per heavy atom. The summed E-state index contributed by atoms with van der Waals surface area (Å²) in [6.07, 6.45) is 4.87. The standard InChI is InChI=1S/C19H18N4O/c24-19(10-13-5-6-17-18(9-13)23-12-22-17)20-8-7-14-11-21-16-4-2-1-3-15(14)16/h1-6,9,11-12,21H,7-8,10H2,(H,20,24)(H,22,23). The van der Waals surface area contributed by atoms with E-state index >= 15 is 0 Å². The van der Waals surface area contributed by atoms with E-state index < -0.39 is 0 Å². The number of nitrogens with one attached hydrogen (secondary N) is 3. The van der Waals surface area contributed by atoms with E-state index in [1.165, 1.54) is 10.9 Å². The quantitative estimate of drug-likeness (QED) is 0.529. The average Bonchev–Trinajstić information content (AvgIpc) is 3.21. The van der Waals surface area contributed by atoms with Crippen molar-refractivity contribution in [3.8, 4) is 0 Å². The zero-order valence-corrected chi connectivity index (χ0v) is 13.2. The molecule has 0 atom stereocenters. The second kappa shape index (κ2) is 6.20. The maximum Gasteiger partial charge on any atom is 0.224 e. The molecule has 1 amide bonds. The van der Waals surface area contributed by atoms with Gasteiger partial charge in [-0.1, -0.05) is 24.3 Å². The number of nitrogens with zero attached hydrogens (tertiary/aromatic N) is 1. The number of rotatable bonds is 5. The van der Waals surface area contributed by atoms with Crippen LogP contribution in [0.1, 0.15) is 11.1 Å². The predicted octanol–water partition coefficient (Wildman–Crippen LogP) is 2.95. The Kier molecular flexibility index (Phi) is 3.75. The zero-order valence-electron chi connectivity index (χ0n) is 13.2. The number of aromatic nitrogens is 3. The number of benzene rings is 2. The van der Waals surface area contributed by atoms with Crippen molar-refractivity contribution in [2.45, 2.75) is 12.8 Å². The van der Waals surface area contributed by atoms with Gasteiger partial charge in [0.05, 0.1) is 23.8 Å². The van der Waals surface area contributed by atoms with Crippen LogP contribution in [0.15, 0.2) is 55.0 Å². The van der Waals surface area contributed by atoms with Crippen molar-refractivity contribution in [3.63, 3.8) is 0 Å². The van der Waals surface area contributed by atoms with Crippen LogP contribution in [0.25, 0.3) is 21.9 Å². The number of H-pyrrole nitrogens is 2. The number of aromatic amines is 2. The molecule has 0 unspecified atom stereocenters. The molecule has 0 spiro atoms. The van der Waals surface area contributed by atoms with E-state index in [4.69, 9.17) is 0 Å². The fourth-order valence-electron chi connectivity index (χ4n) is 3.02. The topological polar surface area (TPSA) is 73.6 Å². The SMILES string of the molecule is O=C(Cc1ccc2nc[nH]c2c1)NCCc1c[nH]c2ccccc12. The fraction of sp³-hybridized carbons (Fsp3) is 0.158. The van der Waals surface area contributed by atoms with E-state index in [-0.39, 0.29) is 5.91 Å². The molecular weight excluding hydrogens is 300 g/mol. The molecule has 0 bridgehead atoms. The van der Waals surface area contributed by atoms with Gasteiger partial charge in [0.2, 0.25) is 5.91 Å². The molecule has 0 aliphatic heterocycles. The average molecular weight is 318 g/mol. The van der Waals surface area contributed by atoms with Gasteiger partial charge in [0.15, 0.2) is 0 Å². The van der Waals surface area contributed by atoms with E-state index in [0.717, 1.165) is 28.5 Å². The molecule has 0 radical (unpaired) electrons. The van der Waals surface area contributed by atoms with Crippen LogP contribution in [0.4, 0.5) is 0 Å². The molecule has 0 fully saturated rings. The highest BCUT2D eigenvalue weighted by atomic mass is 16.1. The maximum absolute atomic E-state index is 12.1. The lowest BCUT2D eigenvalue weighted by atomic mass is 10.1. The molecule has 0 aliphatic rings. The summed E-state index contributed by atoms with van der Waals surface area (Å²) in [5, 5.41) is 4.22. The molecule has 0 aliphatic carbocycles. The molecule has 5 nitrogen and oxygen atoms in total. The Morgan fingerprint density at radius 3 is 2.96 bits per heavy atom. The van der Waals surface area contributed by atoms with Crippen LogP contribution in [-0.4, -0.2) is 27.4 Å². The van der Waals surface area contributed by atoms with Gasteiger partial charge in [0.25, 0.3) is 0 Å². The van der Waals surface area contributed by atoms with Crippen LogP contribution in [-0.2, 0) is 17.6 Å². The molecule has 24 heavy (non-hydrogen) atoms. The van der Waals surface area contributed by atoms with Crippen LogP contribution in [0, 0.1) is 0 Å². The van der Waals surface area contributed by atoms with E-state index in [9.17, 15) is 4.79 Å². The number of hydrogen-bond donors (Lipinski definition) is 3. The lowest BCUT2D eigenvalue weighted by molar-refractivity contribution is -0.120. The normalized spacial score (nSPS) is 11.2. The summed E-state index contributed by atoms with van der Waals surface area (Å²) >= 11 is 0. The van der Waals surface area contributed by atoms with E-state index in [0.29, 0.717) is 13.0 Å². The second-order valence-electron chi connectivity index (χ2n) is 5.89. The van der Waals surface area contributed by atoms with Crippen molar-refractivity contribution in [1.29, 1.82) is 0 Å². The highest BCUT2D eigenvalue weighted by Gasteiger charge is 2.06. The Morgan fingerprint density at radius 2 is 2.00 bits per heavy atom. The van der Waals surface area contributed by atoms with E-state index in [1.54, 1.807) is 6.33 Å². The molecule has 5 heteroatoms. The fourth-order valence-corrected chi connectivity index (χ4v) is 3.02. The number of para-hydroxylation sites is 1. The summed E-state index contributed by atoms with van der Waals surface area (Å²) in [4.78, 5) is 22.6. The highest BCUT2D eigenvalue weighted by molar-refractivity contribution is 5.83. The molecular formula is C19H18N4O. The van der Waals surface area contributed by atoms with Gasteiger partial charge >= 0.3 is 0 Å². The van der Waals surface area contributed by atoms with Crippen molar-refractivity contribution >= 4 is 27.8 Å². The minimum absolute atomic E-state index is 0.0358. The molecule has 0 saturated carbocycles. The van der Waals surface area contributed by atoms with Gasteiger partial charge in [0.1, 0.15) is 0 Å². The largest absolute Gasteiger partial charge is 0.361 e. The van der Waals surface area contributed by atoms with E-state index in [1.807, 2.05) is 36.5 Å². The first-order valence-corrected chi connectivity index (χ1v) is 8.03. The smallest absolute Gasteiger partial charge is 0.224 e. The summed E-state index contributed by atoms with van der Waals surface area (Å²) in [5.74, 6) is 0.0358. The lowest BCUT2D eigenvalue weighted by Crippen LogP contribution is -2.27. The minimum atomic E-state index is 0.0358. The van der Waals surface area contributed by atoms with Gasteiger partial charge in [-0.2, -0.15) is 0 Å². The van der Waals surface area contributed by atoms with Gasteiger partial charge < -0.3 is 15.3 Å². The first-order chi connectivity index (χ1) is 11.8. The molecule has 4 rings (SSSR count). The van der Waals surface area contributed by atoms with Gasteiger partial charge in [-0.25, -0.2) is 4.98 Å². The third-order valence-electron chi connectivity index (χ3n) is 4.24. The number of amides is 1. The Balaban J connectivity index is 1.34. The summed E-state index contributed by atoms with van der Waals surface area (Å²) in [6, 6.07) is 14.1. The van der Waals surface area contributed by atoms with Crippen molar-refractivity contribution in [2.24, 2.45) is 0 Å². The predicted molar refractivity (Wildman–Crippen MR) is 94.8 cm³/mol. The minimum Gasteiger partial charge on any atom is -0.361 e. The zero-order chi connectivity index (χ0) is 16.4. The number of imidazole rings is 1. The summed E-state index contributed by atoms with van der Waals surface area (Å²) in [5.41, 5.74) is 5.21. The monoisotopic (exact) mass is 318 g/mol. The van der Waals surface area contributed by atoms with Gasteiger partial charge in [-0.3, -0.25) is 4.79 Å². The first kappa shape index (κ1) is 14.5. The van der Waals surface area contributed by atoms with Crippen molar-refractivity contribution < 1.29 is 4.79 Å². The molecule has 120 valence electrons. The highest BCUT2D eigenvalue weighted by Crippen LogP contribution is 2.17. The van der Waals surface area contributed by atoms with Gasteiger partial charge in [0, 0.05) is 23.6 Å². The maximum atomic E-state index is 12.1. The number of fused-ring (bicyclic) bond motifs is 2. The number of hydrogen-bond acceptors (Lipinski definition) is 2. The summed E-state index contributed by atoms with van der Waals surface area (Å²) < 4.78 is 0. The van der Waals surface area contributed by atoms with Crippen LogP contribution in [0.2, 0.25) is 0 Å². The van der Waals surface area contributed by atoms with E-state index in [2.05, 4.69) is 32.4 Å². The summed E-state index contributed by atoms with van der Waals surface area (Å²) in [7, 11) is 0. The van der Waals surface area contributed by atoms with Crippen LogP contribution < -0.4 is 5.32 Å². The Hall–Kier alpha value is -3.08. The third-order valence-corrected chi connectivity index (χ3v) is 4.24. The van der Waals surface area contributed by atoms with Crippen molar-refractivity contribution in [1.82, 2.24) is 20.3 Å². The second-order valence-corrected chi connectivity index (χ2v) is 5.89. The third kappa shape index (κ3) is 2.88. The first-order valence-electron chi connectivity index (χ1n) is 8.03. The van der Waals surface area contributed by atoms with Crippen molar-refractivity contribution in [3.05, 3.63) is 66.1 Å².